The van der Waals surface area contributed by atoms with Gasteiger partial charge in [0.05, 0.1) is 17.5 Å². The first-order valence-corrected chi connectivity index (χ1v) is 12.0. The smallest absolute Gasteiger partial charge is 0.251 e. The number of fused-ring (bicyclic) bond motifs is 2. The number of rotatable bonds is 6. The van der Waals surface area contributed by atoms with E-state index in [9.17, 15) is 13.2 Å². The summed E-state index contributed by atoms with van der Waals surface area (Å²) in [7, 11) is -3.83. The lowest BCUT2D eigenvalue weighted by molar-refractivity contribution is 0.0924. The van der Waals surface area contributed by atoms with Gasteiger partial charge in [-0.1, -0.05) is 30.3 Å². The van der Waals surface area contributed by atoms with Crippen LogP contribution in [0.1, 0.15) is 33.9 Å². The number of hydrogen-bond acceptors (Lipinski definition) is 6. The Kier molecular flexibility index (Phi) is 5.65. The Balaban J connectivity index is 1.29. The van der Waals surface area contributed by atoms with Crippen molar-refractivity contribution >= 4 is 15.9 Å². The molecule has 0 saturated heterocycles. The van der Waals surface area contributed by atoms with E-state index in [4.69, 9.17) is 14.2 Å². The zero-order valence-corrected chi connectivity index (χ0v) is 18.4. The van der Waals surface area contributed by atoms with Crippen LogP contribution in [0.5, 0.6) is 17.2 Å². The third-order valence-electron chi connectivity index (χ3n) is 5.57. The maximum atomic E-state index is 12.9. The normalized spacial score (nSPS) is 16.5. The molecule has 2 aliphatic heterocycles. The van der Waals surface area contributed by atoms with Crippen molar-refractivity contribution in [3.05, 3.63) is 83.4 Å². The molecule has 3 aromatic rings. The van der Waals surface area contributed by atoms with E-state index >= 15 is 0 Å². The number of nitrogens with one attached hydrogen (secondary N) is 2. The number of ether oxygens (including phenoxy) is 3. The lowest BCUT2D eigenvalue weighted by Gasteiger charge is -2.26. The Bertz CT molecular complexity index is 1310. The van der Waals surface area contributed by atoms with Crippen molar-refractivity contribution in [2.24, 2.45) is 0 Å². The molecule has 0 radical (unpaired) electrons. The van der Waals surface area contributed by atoms with Gasteiger partial charge in [-0.25, -0.2) is 13.1 Å². The average Bonchev–Trinajstić information content (AvgIpc) is 3.31. The Morgan fingerprint density at radius 3 is 2.67 bits per heavy atom. The number of hydrogen-bond donors (Lipinski definition) is 2. The molecule has 0 bridgehead atoms. The number of carbonyl (C=O) groups is 1. The molecule has 0 spiro atoms. The fourth-order valence-electron chi connectivity index (χ4n) is 3.85. The second-order valence-electron chi connectivity index (χ2n) is 7.74. The van der Waals surface area contributed by atoms with Gasteiger partial charge in [-0.15, -0.1) is 0 Å². The molecule has 5 rings (SSSR count). The molecule has 2 heterocycles. The summed E-state index contributed by atoms with van der Waals surface area (Å²) in [6.45, 7) is 0.729. The van der Waals surface area contributed by atoms with E-state index in [2.05, 4.69) is 10.0 Å². The minimum Gasteiger partial charge on any atom is -0.493 e. The highest BCUT2D eigenvalue weighted by molar-refractivity contribution is 7.89. The molecule has 1 atom stereocenters. The number of carbonyl (C=O) groups excluding carboxylic acids is 1. The van der Waals surface area contributed by atoms with Crippen LogP contribution in [0.25, 0.3) is 0 Å². The molecule has 0 aliphatic carbocycles. The topological polar surface area (TPSA) is 103 Å². The van der Waals surface area contributed by atoms with E-state index in [0.29, 0.717) is 24.5 Å². The zero-order chi connectivity index (χ0) is 22.8. The summed E-state index contributed by atoms with van der Waals surface area (Å²) >= 11 is 0. The predicted octanol–water partition coefficient (Wildman–Crippen LogP) is 3.15. The molecule has 2 N–H and O–H groups in total. The van der Waals surface area contributed by atoms with Gasteiger partial charge in [-0.2, -0.15) is 0 Å². The maximum Gasteiger partial charge on any atom is 0.251 e. The highest BCUT2D eigenvalue weighted by atomic mass is 32.2. The Hall–Kier alpha value is -3.56. The largest absolute Gasteiger partial charge is 0.493 e. The van der Waals surface area contributed by atoms with Gasteiger partial charge in [0.1, 0.15) is 5.75 Å². The van der Waals surface area contributed by atoms with E-state index < -0.39 is 10.0 Å². The summed E-state index contributed by atoms with van der Waals surface area (Å²) in [5.41, 5.74) is 1.91. The van der Waals surface area contributed by atoms with Gasteiger partial charge in [0.25, 0.3) is 5.91 Å². The predicted molar refractivity (Wildman–Crippen MR) is 120 cm³/mol. The van der Waals surface area contributed by atoms with Crippen LogP contribution in [-0.4, -0.2) is 27.7 Å². The minimum atomic E-state index is -3.83. The standard InChI is InChI=1S/C24H22N2O6S/c27-24(26-20-10-11-30-21-7-2-1-6-19(20)21)17-4-3-5-18(13-17)33(28,29)25-14-16-8-9-22-23(12-16)32-15-31-22/h1-9,12-13,20,25H,10-11,14-15H2,(H,26,27)/t20-/m1/s1. The van der Waals surface area contributed by atoms with Crippen LogP contribution < -0.4 is 24.2 Å². The van der Waals surface area contributed by atoms with E-state index in [0.717, 1.165) is 16.9 Å². The first-order valence-electron chi connectivity index (χ1n) is 10.5. The molecule has 0 fully saturated rings. The molecule has 1 amide bonds. The molecule has 170 valence electrons. The number of amides is 1. The van der Waals surface area contributed by atoms with Gasteiger partial charge in [-0.3, -0.25) is 4.79 Å². The van der Waals surface area contributed by atoms with E-state index in [1.807, 2.05) is 24.3 Å². The number of para-hydroxylation sites is 1. The molecular formula is C24H22N2O6S. The molecule has 0 unspecified atom stereocenters. The number of benzene rings is 3. The summed E-state index contributed by atoms with van der Waals surface area (Å²) in [6, 6.07) is 18.6. The fourth-order valence-corrected chi connectivity index (χ4v) is 4.91. The monoisotopic (exact) mass is 466 g/mol. The van der Waals surface area contributed by atoms with Crippen LogP contribution >= 0.6 is 0 Å². The van der Waals surface area contributed by atoms with Crippen LogP contribution in [0, 0.1) is 0 Å². The van der Waals surface area contributed by atoms with Crippen molar-refractivity contribution in [2.45, 2.75) is 23.9 Å². The second kappa shape index (κ2) is 8.76. The lowest BCUT2D eigenvalue weighted by Crippen LogP contribution is -2.32. The summed E-state index contributed by atoms with van der Waals surface area (Å²) in [4.78, 5) is 12.9. The van der Waals surface area contributed by atoms with Crippen LogP contribution in [0.3, 0.4) is 0 Å². The van der Waals surface area contributed by atoms with Crippen LogP contribution in [-0.2, 0) is 16.6 Å². The van der Waals surface area contributed by atoms with Gasteiger partial charge in [0, 0.05) is 24.1 Å². The van der Waals surface area contributed by atoms with Crippen molar-refractivity contribution in [2.75, 3.05) is 13.4 Å². The quantitative estimate of drug-likeness (QED) is 0.579. The van der Waals surface area contributed by atoms with Gasteiger partial charge in [0.2, 0.25) is 16.8 Å². The molecule has 2 aliphatic rings. The average molecular weight is 467 g/mol. The van der Waals surface area contributed by atoms with Crippen molar-refractivity contribution in [3.63, 3.8) is 0 Å². The van der Waals surface area contributed by atoms with E-state index in [-0.39, 0.29) is 35.7 Å². The van der Waals surface area contributed by atoms with Gasteiger partial charge >= 0.3 is 0 Å². The van der Waals surface area contributed by atoms with Crippen LogP contribution in [0.15, 0.2) is 71.6 Å². The van der Waals surface area contributed by atoms with Gasteiger partial charge in [-0.05, 0) is 42.0 Å². The zero-order valence-electron chi connectivity index (χ0n) is 17.6. The fraction of sp³-hybridized carbons (Fsp3) is 0.208. The molecule has 9 heteroatoms. The Morgan fingerprint density at radius 1 is 0.909 bits per heavy atom. The molecule has 33 heavy (non-hydrogen) atoms. The summed E-state index contributed by atoms with van der Waals surface area (Å²) in [5, 5.41) is 2.99. The van der Waals surface area contributed by atoms with Gasteiger partial charge in [0.15, 0.2) is 11.5 Å². The highest BCUT2D eigenvalue weighted by Gasteiger charge is 2.24. The molecule has 0 aromatic heterocycles. The molecule has 8 nitrogen and oxygen atoms in total. The van der Waals surface area contributed by atoms with Crippen molar-refractivity contribution in [1.82, 2.24) is 10.0 Å². The van der Waals surface area contributed by atoms with Crippen molar-refractivity contribution in [1.29, 1.82) is 0 Å². The van der Waals surface area contributed by atoms with Crippen molar-refractivity contribution < 1.29 is 27.4 Å². The Morgan fingerprint density at radius 2 is 1.76 bits per heavy atom. The summed E-state index contributed by atoms with van der Waals surface area (Å²) < 4.78 is 44.5. The minimum absolute atomic E-state index is 0.0169. The van der Waals surface area contributed by atoms with E-state index in [1.54, 1.807) is 30.3 Å². The molecule has 0 saturated carbocycles. The van der Waals surface area contributed by atoms with Crippen LogP contribution in [0.2, 0.25) is 0 Å². The lowest BCUT2D eigenvalue weighted by atomic mass is 10.00. The van der Waals surface area contributed by atoms with Crippen LogP contribution in [0.4, 0.5) is 0 Å². The summed E-state index contributed by atoms with van der Waals surface area (Å²) in [6.07, 6.45) is 0.637. The second-order valence-corrected chi connectivity index (χ2v) is 9.51. The Labute approximate surface area is 191 Å². The number of sulfonamides is 1. The summed E-state index contributed by atoms with van der Waals surface area (Å²) in [5.74, 6) is 1.62. The maximum absolute atomic E-state index is 12.9. The first kappa shape index (κ1) is 21.3. The van der Waals surface area contributed by atoms with Crippen molar-refractivity contribution in [3.8, 4) is 17.2 Å². The molecule has 3 aromatic carbocycles. The van der Waals surface area contributed by atoms with Gasteiger partial charge < -0.3 is 19.5 Å². The first-order chi connectivity index (χ1) is 16.0. The third kappa shape index (κ3) is 4.50. The molecular weight excluding hydrogens is 444 g/mol. The SMILES string of the molecule is O=C(N[C@@H]1CCOc2ccccc21)c1cccc(S(=O)(=O)NCc2ccc3c(c2)OCO3)c1. The third-order valence-corrected chi connectivity index (χ3v) is 6.97. The highest BCUT2D eigenvalue weighted by Crippen LogP contribution is 2.33. The van der Waals surface area contributed by atoms with E-state index in [1.165, 1.54) is 12.1 Å².